The van der Waals surface area contributed by atoms with Gasteiger partial charge in [0.25, 0.3) is 5.69 Å². The number of hydrogen-bond donors (Lipinski definition) is 0. The molecular formula is C19H21N3O3. The van der Waals surface area contributed by atoms with Crippen LogP contribution in [-0.4, -0.2) is 37.4 Å². The maximum atomic E-state index is 11.4. The zero-order valence-corrected chi connectivity index (χ0v) is 14.4. The van der Waals surface area contributed by atoms with E-state index in [0.29, 0.717) is 30.6 Å². The standard InChI is InChI=1S/C19H21N3O3/c1-14-4-3-5-17(15(14)2)20-8-10-21(11-9-20)18-7-6-16(13-23)12-19(18)22(24)25/h3-7,12-13H,8-11H2,1-2H3. The molecule has 1 aliphatic rings. The molecule has 0 saturated carbocycles. The van der Waals surface area contributed by atoms with Crippen LogP contribution in [0.2, 0.25) is 0 Å². The summed E-state index contributed by atoms with van der Waals surface area (Å²) < 4.78 is 0. The molecule has 1 heterocycles. The second-order valence-electron chi connectivity index (χ2n) is 6.32. The zero-order valence-electron chi connectivity index (χ0n) is 14.4. The van der Waals surface area contributed by atoms with Crippen molar-refractivity contribution in [3.05, 3.63) is 63.2 Å². The molecule has 2 aromatic rings. The molecule has 130 valence electrons. The first kappa shape index (κ1) is 17.0. The summed E-state index contributed by atoms with van der Waals surface area (Å²) in [6.07, 6.45) is 0.634. The Labute approximate surface area is 146 Å². The number of carbonyl (C=O) groups excluding carboxylic acids is 1. The molecule has 0 aromatic heterocycles. The highest BCUT2D eigenvalue weighted by molar-refractivity contribution is 5.79. The van der Waals surface area contributed by atoms with Gasteiger partial charge in [0.05, 0.1) is 4.92 Å². The van der Waals surface area contributed by atoms with Crippen molar-refractivity contribution in [3.63, 3.8) is 0 Å². The molecule has 6 nitrogen and oxygen atoms in total. The summed E-state index contributed by atoms with van der Waals surface area (Å²) in [7, 11) is 0. The van der Waals surface area contributed by atoms with Crippen molar-refractivity contribution in [2.24, 2.45) is 0 Å². The smallest absolute Gasteiger partial charge is 0.293 e. The van der Waals surface area contributed by atoms with E-state index in [9.17, 15) is 14.9 Å². The molecule has 1 saturated heterocycles. The van der Waals surface area contributed by atoms with Crippen LogP contribution in [0.1, 0.15) is 21.5 Å². The average Bonchev–Trinajstić information content (AvgIpc) is 2.63. The monoisotopic (exact) mass is 339 g/mol. The van der Waals surface area contributed by atoms with E-state index in [4.69, 9.17) is 0 Å². The fourth-order valence-corrected chi connectivity index (χ4v) is 3.29. The molecule has 3 rings (SSSR count). The molecule has 0 amide bonds. The third-order valence-electron chi connectivity index (χ3n) is 4.87. The van der Waals surface area contributed by atoms with Crippen molar-refractivity contribution in [3.8, 4) is 0 Å². The van der Waals surface area contributed by atoms with Crippen molar-refractivity contribution in [2.45, 2.75) is 13.8 Å². The molecule has 6 heteroatoms. The average molecular weight is 339 g/mol. The van der Waals surface area contributed by atoms with E-state index in [-0.39, 0.29) is 5.69 Å². The topological polar surface area (TPSA) is 66.7 Å². The van der Waals surface area contributed by atoms with Crippen LogP contribution in [0.15, 0.2) is 36.4 Å². The highest BCUT2D eigenvalue weighted by atomic mass is 16.6. The Bertz CT molecular complexity index is 812. The molecule has 0 unspecified atom stereocenters. The van der Waals surface area contributed by atoms with Gasteiger partial charge in [-0.3, -0.25) is 14.9 Å². The van der Waals surface area contributed by atoms with E-state index >= 15 is 0 Å². The molecule has 0 spiro atoms. The van der Waals surface area contributed by atoms with Gasteiger partial charge < -0.3 is 9.80 Å². The van der Waals surface area contributed by atoms with Gasteiger partial charge in [-0.15, -0.1) is 0 Å². The van der Waals surface area contributed by atoms with Crippen LogP contribution in [0.5, 0.6) is 0 Å². The quantitative estimate of drug-likeness (QED) is 0.485. The van der Waals surface area contributed by atoms with Crippen LogP contribution >= 0.6 is 0 Å². The molecule has 0 aliphatic carbocycles. The summed E-state index contributed by atoms with van der Waals surface area (Å²) in [5.41, 5.74) is 4.66. The second-order valence-corrected chi connectivity index (χ2v) is 6.32. The van der Waals surface area contributed by atoms with Crippen molar-refractivity contribution in [2.75, 3.05) is 36.0 Å². The molecule has 2 aromatic carbocycles. The lowest BCUT2D eigenvalue weighted by Gasteiger charge is -2.38. The van der Waals surface area contributed by atoms with Crippen molar-refractivity contribution >= 4 is 23.3 Å². The Morgan fingerprint density at radius 1 is 1.00 bits per heavy atom. The van der Waals surface area contributed by atoms with Crippen LogP contribution < -0.4 is 9.80 Å². The zero-order chi connectivity index (χ0) is 18.0. The number of benzene rings is 2. The van der Waals surface area contributed by atoms with Crippen LogP contribution in [0.3, 0.4) is 0 Å². The number of hydrogen-bond acceptors (Lipinski definition) is 5. The lowest BCUT2D eigenvalue weighted by atomic mass is 10.1. The Morgan fingerprint density at radius 3 is 2.24 bits per heavy atom. The van der Waals surface area contributed by atoms with Gasteiger partial charge in [0.15, 0.2) is 0 Å². The van der Waals surface area contributed by atoms with E-state index < -0.39 is 4.92 Å². The predicted molar refractivity (Wildman–Crippen MR) is 98.8 cm³/mol. The maximum absolute atomic E-state index is 11.4. The van der Waals surface area contributed by atoms with Gasteiger partial charge >= 0.3 is 0 Å². The Morgan fingerprint density at radius 2 is 1.64 bits per heavy atom. The van der Waals surface area contributed by atoms with Gasteiger partial charge in [-0.2, -0.15) is 0 Å². The number of nitrogens with zero attached hydrogens (tertiary/aromatic N) is 3. The van der Waals surface area contributed by atoms with Crippen LogP contribution in [0.25, 0.3) is 0 Å². The minimum Gasteiger partial charge on any atom is -0.368 e. The van der Waals surface area contributed by atoms with Crippen LogP contribution in [0.4, 0.5) is 17.1 Å². The normalized spacial score (nSPS) is 14.5. The minimum absolute atomic E-state index is 0.00946. The summed E-state index contributed by atoms with van der Waals surface area (Å²) in [5, 5.41) is 11.4. The molecular weight excluding hydrogens is 318 g/mol. The largest absolute Gasteiger partial charge is 0.368 e. The molecule has 1 aliphatic heterocycles. The summed E-state index contributed by atoms with van der Waals surface area (Å²) in [5.74, 6) is 0. The van der Waals surface area contributed by atoms with E-state index in [1.54, 1.807) is 12.1 Å². The van der Waals surface area contributed by atoms with Gasteiger partial charge in [-0.05, 0) is 43.2 Å². The van der Waals surface area contributed by atoms with Crippen LogP contribution in [0, 0.1) is 24.0 Å². The number of carbonyl (C=O) groups is 1. The van der Waals surface area contributed by atoms with Crippen molar-refractivity contribution in [1.29, 1.82) is 0 Å². The summed E-state index contributed by atoms with van der Waals surface area (Å²) in [6.45, 7) is 7.24. The van der Waals surface area contributed by atoms with Gasteiger partial charge in [0.1, 0.15) is 12.0 Å². The van der Waals surface area contributed by atoms with Crippen molar-refractivity contribution < 1.29 is 9.72 Å². The fraction of sp³-hybridized carbons (Fsp3) is 0.316. The van der Waals surface area contributed by atoms with Crippen molar-refractivity contribution in [1.82, 2.24) is 0 Å². The highest BCUT2D eigenvalue weighted by Crippen LogP contribution is 2.31. The molecule has 1 fully saturated rings. The van der Waals surface area contributed by atoms with Gasteiger partial charge in [-0.25, -0.2) is 0 Å². The van der Waals surface area contributed by atoms with E-state index in [1.165, 1.54) is 22.9 Å². The second kappa shape index (κ2) is 6.93. The number of aryl methyl sites for hydroxylation is 1. The molecule has 0 bridgehead atoms. The van der Waals surface area contributed by atoms with Gasteiger partial charge in [0, 0.05) is 43.5 Å². The lowest BCUT2D eigenvalue weighted by molar-refractivity contribution is -0.384. The number of anilines is 2. The SMILES string of the molecule is Cc1cccc(N2CCN(c3ccc(C=O)cc3[N+](=O)[O-])CC2)c1C. The third kappa shape index (κ3) is 3.33. The lowest BCUT2D eigenvalue weighted by Crippen LogP contribution is -2.47. The number of rotatable bonds is 4. The summed E-state index contributed by atoms with van der Waals surface area (Å²) in [6, 6.07) is 10.9. The summed E-state index contributed by atoms with van der Waals surface area (Å²) >= 11 is 0. The first-order valence-electron chi connectivity index (χ1n) is 8.31. The molecule has 0 radical (unpaired) electrons. The maximum Gasteiger partial charge on any atom is 0.293 e. The number of aldehydes is 1. The Hall–Kier alpha value is -2.89. The van der Waals surface area contributed by atoms with E-state index in [2.05, 4.69) is 36.9 Å². The molecule has 0 N–H and O–H groups in total. The van der Waals surface area contributed by atoms with Crippen LogP contribution in [-0.2, 0) is 0 Å². The predicted octanol–water partition coefficient (Wildman–Crippen LogP) is 3.35. The number of piperazine rings is 1. The molecule has 25 heavy (non-hydrogen) atoms. The molecule has 0 atom stereocenters. The van der Waals surface area contributed by atoms with E-state index in [0.717, 1.165) is 13.1 Å². The first-order chi connectivity index (χ1) is 12.0. The fourth-order valence-electron chi connectivity index (χ4n) is 3.29. The first-order valence-corrected chi connectivity index (χ1v) is 8.31. The summed E-state index contributed by atoms with van der Waals surface area (Å²) in [4.78, 5) is 26.2. The third-order valence-corrected chi connectivity index (χ3v) is 4.87. The van der Waals surface area contributed by atoms with Gasteiger partial charge in [0.2, 0.25) is 0 Å². The highest BCUT2D eigenvalue weighted by Gasteiger charge is 2.24. The van der Waals surface area contributed by atoms with Gasteiger partial charge in [-0.1, -0.05) is 12.1 Å². The number of nitro benzene ring substituents is 1. The van der Waals surface area contributed by atoms with E-state index in [1.807, 2.05) is 4.90 Å². The Balaban J connectivity index is 1.80. The minimum atomic E-state index is -0.417. The number of nitro groups is 1. The Kier molecular flexibility index (Phi) is 4.70.